The maximum atomic E-state index is 12.0. The van der Waals surface area contributed by atoms with Crippen LogP contribution < -0.4 is 0 Å². The summed E-state index contributed by atoms with van der Waals surface area (Å²) >= 11 is 0. The molecule has 0 spiro atoms. The van der Waals surface area contributed by atoms with Gasteiger partial charge in [0.1, 0.15) is 0 Å². The van der Waals surface area contributed by atoms with Gasteiger partial charge in [-0.2, -0.15) is 0 Å². The zero-order chi connectivity index (χ0) is 21.4. The van der Waals surface area contributed by atoms with E-state index in [1.807, 2.05) is 0 Å². The molecule has 0 aliphatic rings. The number of rotatable bonds is 14. The van der Waals surface area contributed by atoms with Crippen LogP contribution in [0.4, 0.5) is 0 Å². The summed E-state index contributed by atoms with van der Waals surface area (Å²) in [4.78, 5) is 22.3. The molecule has 0 aliphatic carbocycles. The van der Waals surface area contributed by atoms with Crippen LogP contribution >= 0.6 is 0 Å². The van der Waals surface area contributed by atoms with Gasteiger partial charge in [-0.1, -0.05) is 50.9 Å². The summed E-state index contributed by atoms with van der Waals surface area (Å²) in [6.45, 7) is 3.45. The van der Waals surface area contributed by atoms with Crippen molar-refractivity contribution in [1.82, 2.24) is 0 Å². The predicted molar refractivity (Wildman–Crippen MR) is 110 cm³/mol. The summed E-state index contributed by atoms with van der Waals surface area (Å²) < 4.78 is 33.9. The molecular formula is C21H36O6S. The Morgan fingerprint density at radius 2 is 1.64 bits per heavy atom. The van der Waals surface area contributed by atoms with Crippen LogP contribution in [0, 0.1) is 11.8 Å². The smallest absolute Gasteiger partial charge is 0.305 e. The molecule has 0 saturated carbocycles. The maximum absolute atomic E-state index is 12.0. The number of unbranched alkanes of at least 4 members (excludes halogenated alkanes) is 5. The van der Waals surface area contributed by atoms with Crippen molar-refractivity contribution in [3.05, 3.63) is 0 Å². The summed E-state index contributed by atoms with van der Waals surface area (Å²) in [7, 11) is -1.83. The molecule has 7 heteroatoms. The van der Waals surface area contributed by atoms with Gasteiger partial charge in [-0.3, -0.25) is 9.59 Å². The molecule has 0 bridgehead atoms. The van der Waals surface area contributed by atoms with E-state index < -0.39 is 21.2 Å². The molecule has 0 aromatic rings. The largest absolute Gasteiger partial charge is 0.469 e. The van der Waals surface area contributed by atoms with Gasteiger partial charge in [0.05, 0.1) is 12.4 Å². The Kier molecular flexibility index (Phi) is 14.5. The molecule has 0 saturated heterocycles. The van der Waals surface area contributed by atoms with Gasteiger partial charge < -0.3 is 9.47 Å². The molecule has 0 N–H and O–H groups in total. The molecule has 0 aromatic carbocycles. The summed E-state index contributed by atoms with van der Waals surface area (Å²) in [6, 6.07) is 0. The van der Waals surface area contributed by atoms with Crippen molar-refractivity contribution >= 4 is 21.8 Å². The van der Waals surface area contributed by atoms with Crippen LogP contribution in [0.15, 0.2) is 0 Å². The minimum atomic E-state index is -3.20. The van der Waals surface area contributed by atoms with E-state index in [1.165, 1.54) is 20.3 Å². The lowest BCUT2D eigenvalue weighted by atomic mass is 10.1. The lowest BCUT2D eigenvalue weighted by Gasteiger charge is -2.13. The third-order valence-electron chi connectivity index (χ3n) is 4.46. The number of sulfone groups is 1. The minimum Gasteiger partial charge on any atom is -0.469 e. The Balaban J connectivity index is 4.53. The van der Waals surface area contributed by atoms with Gasteiger partial charge >= 0.3 is 11.9 Å². The van der Waals surface area contributed by atoms with E-state index in [1.54, 1.807) is 0 Å². The van der Waals surface area contributed by atoms with E-state index >= 15 is 0 Å². The molecule has 6 nitrogen and oxygen atoms in total. The van der Waals surface area contributed by atoms with Crippen LogP contribution in [0.1, 0.15) is 84.5 Å². The fraction of sp³-hybridized carbons (Fsp3) is 0.810. The molecule has 28 heavy (non-hydrogen) atoms. The Hall–Kier alpha value is -1.55. The first-order valence-corrected chi connectivity index (χ1v) is 12.1. The third-order valence-corrected chi connectivity index (χ3v) is 6.07. The predicted octanol–water partition coefficient (Wildman–Crippen LogP) is 3.82. The van der Waals surface area contributed by atoms with Crippen molar-refractivity contribution in [3.63, 3.8) is 0 Å². The molecule has 0 rings (SSSR count). The second-order valence-corrected chi connectivity index (χ2v) is 9.43. The van der Waals surface area contributed by atoms with Crippen LogP contribution in [0.2, 0.25) is 0 Å². The highest BCUT2D eigenvalue weighted by Crippen LogP contribution is 2.15. The van der Waals surface area contributed by atoms with E-state index in [-0.39, 0.29) is 18.4 Å². The van der Waals surface area contributed by atoms with Gasteiger partial charge in [0.15, 0.2) is 15.9 Å². The highest BCUT2D eigenvalue weighted by atomic mass is 32.2. The average Bonchev–Trinajstić information content (AvgIpc) is 2.61. The van der Waals surface area contributed by atoms with E-state index in [9.17, 15) is 18.0 Å². The second-order valence-electron chi connectivity index (χ2n) is 7.10. The topological polar surface area (TPSA) is 86.7 Å². The third kappa shape index (κ3) is 14.5. The fourth-order valence-electron chi connectivity index (χ4n) is 2.79. The molecular weight excluding hydrogens is 380 g/mol. The van der Waals surface area contributed by atoms with Gasteiger partial charge in [0.2, 0.25) is 0 Å². The molecule has 162 valence electrons. The van der Waals surface area contributed by atoms with E-state index in [4.69, 9.17) is 4.74 Å². The Morgan fingerprint density at radius 3 is 2.21 bits per heavy atom. The number of carbonyl (C=O) groups excluding carboxylic acids is 2. The first-order valence-electron chi connectivity index (χ1n) is 10.1. The van der Waals surface area contributed by atoms with E-state index in [0.29, 0.717) is 19.3 Å². The summed E-state index contributed by atoms with van der Waals surface area (Å²) in [5, 5.41) is -0.519. The number of carbonyl (C=O) groups is 2. The van der Waals surface area contributed by atoms with E-state index in [2.05, 4.69) is 23.5 Å². The quantitative estimate of drug-likeness (QED) is 0.243. The number of ether oxygens (including phenoxy) is 2. The van der Waals surface area contributed by atoms with Crippen LogP contribution in [0.5, 0.6) is 0 Å². The number of hydrogen-bond acceptors (Lipinski definition) is 6. The average molecular weight is 417 g/mol. The molecule has 0 aromatic heterocycles. The van der Waals surface area contributed by atoms with Gasteiger partial charge in [0.25, 0.3) is 0 Å². The van der Waals surface area contributed by atoms with Crippen molar-refractivity contribution in [2.75, 3.05) is 13.4 Å². The molecule has 1 unspecified atom stereocenters. The molecule has 0 aliphatic heterocycles. The van der Waals surface area contributed by atoms with Crippen molar-refractivity contribution in [2.45, 2.75) is 95.8 Å². The summed E-state index contributed by atoms with van der Waals surface area (Å²) in [6.07, 6.45) is 8.89. The number of esters is 2. The Bertz CT molecular complexity index is 615. The lowest BCUT2D eigenvalue weighted by molar-refractivity contribution is -0.144. The maximum Gasteiger partial charge on any atom is 0.305 e. The Morgan fingerprint density at radius 1 is 1.00 bits per heavy atom. The van der Waals surface area contributed by atoms with Crippen molar-refractivity contribution in [3.8, 4) is 11.8 Å². The molecule has 0 radical (unpaired) electrons. The summed E-state index contributed by atoms with van der Waals surface area (Å²) in [5.41, 5.74) is 0. The monoisotopic (exact) mass is 416 g/mol. The second kappa shape index (κ2) is 15.4. The van der Waals surface area contributed by atoms with E-state index in [0.717, 1.165) is 44.9 Å². The van der Waals surface area contributed by atoms with Gasteiger partial charge in [-0.25, -0.2) is 8.42 Å². The zero-order valence-electron chi connectivity index (χ0n) is 17.8. The van der Waals surface area contributed by atoms with Crippen LogP contribution in [0.25, 0.3) is 0 Å². The molecule has 2 atom stereocenters. The molecule has 0 heterocycles. The first kappa shape index (κ1) is 26.4. The number of methoxy groups -OCH3 is 1. The molecule has 0 fully saturated rings. The van der Waals surface area contributed by atoms with Crippen molar-refractivity contribution in [1.29, 1.82) is 0 Å². The SMILES string of the molecule is CCCCC[C@@H](C#CCC(CCCCCCC(=O)OC)S(C)(=O)=O)OC(C)=O. The lowest BCUT2D eigenvalue weighted by Crippen LogP contribution is -2.20. The van der Waals surface area contributed by atoms with Crippen LogP contribution in [0.3, 0.4) is 0 Å². The molecule has 0 amide bonds. The highest BCUT2D eigenvalue weighted by molar-refractivity contribution is 7.91. The minimum absolute atomic E-state index is 0.217. The summed E-state index contributed by atoms with van der Waals surface area (Å²) in [5.74, 6) is 5.27. The highest BCUT2D eigenvalue weighted by Gasteiger charge is 2.19. The normalized spacial score (nSPS) is 13.1. The van der Waals surface area contributed by atoms with Crippen LogP contribution in [-0.2, 0) is 28.9 Å². The van der Waals surface area contributed by atoms with Gasteiger partial charge in [-0.05, 0) is 25.7 Å². The number of hydrogen-bond donors (Lipinski definition) is 0. The van der Waals surface area contributed by atoms with Crippen molar-refractivity contribution in [2.24, 2.45) is 0 Å². The Labute approximate surface area is 170 Å². The van der Waals surface area contributed by atoms with Gasteiger partial charge in [-0.15, -0.1) is 0 Å². The fourth-order valence-corrected chi connectivity index (χ4v) is 3.77. The standard InChI is InChI=1S/C21H36O6S/c1-5-6-9-13-19(27-18(2)22)14-12-16-20(28(4,24)25)15-10-7-8-11-17-21(23)26-3/h19-20H,5-11,13,15-17H2,1-4H3/t19-,20?/m0/s1. The van der Waals surface area contributed by atoms with Gasteiger partial charge in [0, 0.05) is 26.0 Å². The first-order chi connectivity index (χ1) is 13.2. The van der Waals surface area contributed by atoms with Crippen molar-refractivity contribution < 1.29 is 27.5 Å². The zero-order valence-corrected chi connectivity index (χ0v) is 18.6. The van der Waals surface area contributed by atoms with Crippen LogP contribution in [-0.4, -0.2) is 45.1 Å².